The minimum atomic E-state index is 0.532. The van der Waals surface area contributed by atoms with E-state index < -0.39 is 0 Å². The third-order valence-corrected chi connectivity index (χ3v) is 3.26. The molecule has 0 spiro atoms. The molecule has 0 aliphatic rings. The molecule has 0 bridgehead atoms. The number of rotatable bonds is 2. The summed E-state index contributed by atoms with van der Waals surface area (Å²) in [5.41, 5.74) is 1.87. The van der Waals surface area contributed by atoms with Crippen molar-refractivity contribution in [2.24, 2.45) is 0 Å². The van der Waals surface area contributed by atoms with Gasteiger partial charge < -0.3 is 0 Å². The molecule has 0 aliphatic carbocycles. The van der Waals surface area contributed by atoms with Gasteiger partial charge in [0.25, 0.3) is 0 Å². The predicted molar refractivity (Wildman–Crippen MR) is 66.2 cm³/mol. The van der Waals surface area contributed by atoms with E-state index in [2.05, 4.69) is 21.0 Å². The lowest BCUT2D eigenvalue weighted by Gasteiger charge is -2.02. The molecule has 0 amide bonds. The number of hydrogen-bond acceptors (Lipinski definition) is 1. The highest BCUT2D eigenvalue weighted by Crippen LogP contribution is 2.24. The van der Waals surface area contributed by atoms with Gasteiger partial charge in [0.2, 0.25) is 0 Å². The van der Waals surface area contributed by atoms with Crippen molar-refractivity contribution in [3.8, 4) is 5.69 Å². The number of halogens is 3. The van der Waals surface area contributed by atoms with Gasteiger partial charge in [-0.2, -0.15) is 5.10 Å². The summed E-state index contributed by atoms with van der Waals surface area (Å²) in [5, 5.41) is 6.16. The first-order valence-corrected chi connectivity index (χ1v) is 6.14. The molecular weight excluding hydrogens is 299 g/mol. The van der Waals surface area contributed by atoms with E-state index in [1.54, 1.807) is 16.8 Å². The van der Waals surface area contributed by atoms with Gasteiger partial charge in [0.1, 0.15) is 0 Å². The van der Waals surface area contributed by atoms with E-state index in [4.69, 9.17) is 23.2 Å². The Morgan fingerprint density at radius 2 is 2.00 bits per heavy atom. The van der Waals surface area contributed by atoms with Gasteiger partial charge in [-0.1, -0.05) is 39.1 Å². The minimum absolute atomic E-state index is 0.532. The molecule has 0 radical (unpaired) electrons. The van der Waals surface area contributed by atoms with Crippen LogP contribution in [-0.4, -0.2) is 9.78 Å². The highest BCUT2D eigenvalue weighted by molar-refractivity contribution is 9.08. The maximum atomic E-state index is 5.92. The van der Waals surface area contributed by atoms with Crippen LogP contribution in [0.2, 0.25) is 10.0 Å². The molecule has 1 aromatic heterocycles. The fraction of sp³-hybridized carbons (Fsp3) is 0.100. The van der Waals surface area contributed by atoms with E-state index in [-0.39, 0.29) is 0 Å². The zero-order chi connectivity index (χ0) is 10.8. The van der Waals surface area contributed by atoms with Crippen molar-refractivity contribution < 1.29 is 0 Å². The van der Waals surface area contributed by atoms with Gasteiger partial charge in [-0.15, -0.1) is 0 Å². The van der Waals surface area contributed by atoms with E-state index in [9.17, 15) is 0 Å². The van der Waals surface area contributed by atoms with Crippen molar-refractivity contribution in [1.29, 1.82) is 0 Å². The summed E-state index contributed by atoms with van der Waals surface area (Å²) >= 11 is 15.1. The molecule has 2 rings (SSSR count). The van der Waals surface area contributed by atoms with E-state index >= 15 is 0 Å². The summed E-state index contributed by atoms with van der Waals surface area (Å²) in [7, 11) is 0. The first kappa shape index (κ1) is 11.0. The second-order valence-electron chi connectivity index (χ2n) is 2.98. The molecule has 1 heterocycles. The van der Waals surface area contributed by atoms with Gasteiger partial charge in [-0.05, 0) is 24.3 Å². The van der Waals surface area contributed by atoms with Crippen LogP contribution in [0.3, 0.4) is 0 Å². The zero-order valence-corrected chi connectivity index (χ0v) is 10.7. The first-order chi connectivity index (χ1) is 7.20. The van der Waals surface area contributed by atoms with Gasteiger partial charge in [0.05, 0.1) is 21.4 Å². The number of aromatic nitrogens is 2. The lowest BCUT2D eigenvalue weighted by Crippen LogP contribution is -1.95. The van der Waals surface area contributed by atoms with Crippen LogP contribution in [0.1, 0.15) is 5.69 Å². The lowest BCUT2D eigenvalue weighted by atomic mass is 10.3. The molecule has 0 N–H and O–H groups in total. The number of nitrogens with zero attached hydrogens (tertiary/aromatic N) is 2. The van der Waals surface area contributed by atoms with Crippen molar-refractivity contribution in [2.45, 2.75) is 5.33 Å². The second-order valence-corrected chi connectivity index (χ2v) is 4.36. The van der Waals surface area contributed by atoms with Gasteiger partial charge in [0, 0.05) is 11.5 Å². The largest absolute Gasteiger partial charge is 0.241 e. The van der Waals surface area contributed by atoms with Crippen LogP contribution < -0.4 is 0 Å². The normalized spacial score (nSPS) is 10.6. The van der Waals surface area contributed by atoms with Gasteiger partial charge >= 0.3 is 0 Å². The summed E-state index contributed by atoms with van der Waals surface area (Å²) in [5.74, 6) is 0. The highest BCUT2D eigenvalue weighted by Gasteiger charge is 2.03. The molecule has 0 fully saturated rings. The standard InChI is InChI=1S/C10H7BrCl2N2/c11-6-7-3-4-15(14-7)8-1-2-9(12)10(13)5-8/h1-5H,6H2. The monoisotopic (exact) mass is 304 g/mol. The zero-order valence-electron chi connectivity index (χ0n) is 7.62. The number of alkyl halides is 1. The average molecular weight is 306 g/mol. The van der Waals surface area contributed by atoms with Gasteiger partial charge in [-0.3, -0.25) is 0 Å². The smallest absolute Gasteiger partial charge is 0.0734 e. The van der Waals surface area contributed by atoms with Gasteiger partial charge in [-0.25, -0.2) is 4.68 Å². The summed E-state index contributed by atoms with van der Waals surface area (Å²) in [6.45, 7) is 0. The summed E-state index contributed by atoms with van der Waals surface area (Å²) in [6.07, 6.45) is 1.89. The summed E-state index contributed by atoms with van der Waals surface area (Å²) < 4.78 is 1.76. The van der Waals surface area contributed by atoms with Crippen LogP contribution in [0.25, 0.3) is 5.69 Å². The predicted octanol–water partition coefficient (Wildman–Crippen LogP) is 4.07. The third kappa shape index (κ3) is 2.36. The quantitative estimate of drug-likeness (QED) is 0.765. The SMILES string of the molecule is Clc1ccc(-n2ccc(CBr)n2)cc1Cl. The maximum Gasteiger partial charge on any atom is 0.0734 e. The van der Waals surface area contributed by atoms with Crippen LogP contribution in [0, 0.1) is 0 Å². The molecule has 2 aromatic rings. The Labute approximate surface area is 106 Å². The Kier molecular flexibility index (Phi) is 3.34. The summed E-state index contributed by atoms with van der Waals surface area (Å²) in [4.78, 5) is 0. The van der Waals surface area contributed by atoms with Crippen LogP contribution >= 0.6 is 39.1 Å². The van der Waals surface area contributed by atoms with Crippen molar-refractivity contribution in [2.75, 3.05) is 0 Å². The van der Waals surface area contributed by atoms with E-state index in [0.717, 1.165) is 16.7 Å². The molecule has 1 aromatic carbocycles. The van der Waals surface area contributed by atoms with Crippen molar-refractivity contribution in [3.63, 3.8) is 0 Å². The molecule has 2 nitrogen and oxygen atoms in total. The van der Waals surface area contributed by atoms with Crippen LogP contribution in [0.15, 0.2) is 30.5 Å². The Bertz CT molecular complexity index is 482. The average Bonchev–Trinajstić information content (AvgIpc) is 2.70. The molecule has 0 unspecified atom stereocenters. The summed E-state index contributed by atoms with van der Waals surface area (Å²) in [6, 6.07) is 7.36. The van der Waals surface area contributed by atoms with Crippen LogP contribution in [0.4, 0.5) is 0 Å². The Hall–Kier alpha value is -0.510. The molecule has 15 heavy (non-hydrogen) atoms. The number of hydrogen-bond donors (Lipinski definition) is 0. The maximum absolute atomic E-state index is 5.92. The Morgan fingerprint density at radius 1 is 1.20 bits per heavy atom. The van der Waals surface area contributed by atoms with E-state index in [1.807, 2.05) is 18.3 Å². The lowest BCUT2D eigenvalue weighted by molar-refractivity contribution is 0.860. The minimum Gasteiger partial charge on any atom is -0.241 e. The molecule has 78 valence electrons. The fourth-order valence-corrected chi connectivity index (χ4v) is 1.80. The van der Waals surface area contributed by atoms with Gasteiger partial charge in [0.15, 0.2) is 0 Å². The topological polar surface area (TPSA) is 17.8 Å². The Morgan fingerprint density at radius 3 is 2.60 bits per heavy atom. The second kappa shape index (κ2) is 4.56. The molecule has 0 saturated carbocycles. The van der Waals surface area contributed by atoms with E-state index in [0.29, 0.717) is 10.0 Å². The van der Waals surface area contributed by atoms with E-state index in [1.165, 1.54) is 0 Å². The highest BCUT2D eigenvalue weighted by atomic mass is 79.9. The molecule has 0 aliphatic heterocycles. The molecule has 0 saturated heterocycles. The van der Waals surface area contributed by atoms with Crippen molar-refractivity contribution >= 4 is 39.1 Å². The molecule has 0 atom stereocenters. The Balaban J connectivity index is 2.40. The first-order valence-electron chi connectivity index (χ1n) is 4.26. The van der Waals surface area contributed by atoms with Crippen LogP contribution in [-0.2, 0) is 5.33 Å². The molecule has 5 heteroatoms. The van der Waals surface area contributed by atoms with Crippen molar-refractivity contribution in [1.82, 2.24) is 9.78 Å². The van der Waals surface area contributed by atoms with Crippen molar-refractivity contribution in [3.05, 3.63) is 46.2 Å². The number of benzene rings is 1. The third-order valence-electron chi connectivity index (χ3n) is 1.95. The molecular formula is C10H7BrCl2N2. The fourth-order valence-electron chi connectivity index (χ4n) is 1.20. The van der Waals surface area contributed by atoms with Crippen LogP contribution in [0.5, 0.6) is 0 Å².